The van der Waals surface area contributed by atoms with E-state index in [2.05, 4.69) is 19.1 Å². The molecule has 0 aliphatic rings. The van der Waals surface area contributed by atoms with Crippen molar-refractivity contribution in [3.8, 4) is 0 Å². The van der Waals surface area contributed by atoms with Crippen LogP contribution in [0.3, 0.4) is 0 Å². The molecule has 0 aromatic heterocycles. The Morgan fingerprint density at radius 1 is 1.21 bits per heavy atom. The zero-order valence-electron chi connectivity index (χ0n) is 8.90. The lowest BCUT2D eigenvalue weighted by Crippen LogP contribution is -2.17. The standard InChI is InChI=1S/C12H18O2/c1-3-12(10-13-2)14-9-11-7-5-4-6-8-11/h4-8,12H,3,9-10H2,1-2H3/t12-/m1/s1. The molecule has 0 radical (unpaired) electrons. The molecule has 0 aliphatic heterocycles. The van der Waals surface area contributed by atoms with Gasteiger partial charge in [-0.05, 0) is 12.0 Å². The fourth-order valence-electron chi connectivity index (χ4n) is 1.26. The van der Waals surface area contributed by atoms with E-state index in [1.165, 1.54) is 5.56 Å². The molecule has 0 amide bonds. The van der Waals surface area contributed by atoms with Gasteiger partial charge < -0.3 is 9.47 Å². The molecular weight excluding hydrogens is 176 g/mol. The Morgan fingerprint density at radius 3 is 2.50 bits per heavy atom. The molecule has 0 N–H and O–H groups in total. The maximum Gasteiger partial charge on any atom is 0.0810 e. The zero-order valence-corrected chi connectivity index (χ0v) is 8.90. The van der Waals surface area contributed by atoms with E-state index in [9.17, 15) is 0 Å². The Labute approximate surface area is 85.8 Å². The Balaban J connectivity index is 2.32. The van der Waals surface area contributed by atoms with E-state index in [0.717, 1.165) is 6.42 Å². The normalized spacial score (nSPS) is 12.7. The van der Waals surface area contributed by atoms with Gasteiger partial charge in [0.05, 0.1) is 19.3 Å². The van der Waals surface area contributed by atoms with Gasteiger partial charge in [-0.3, -0.25) is 0 Å². The summed E-state index contributed by atoms with van der Waals surface area (Å²) >= 11 is 0. The van der Waals surface area contributed by atoms with Crippen molar-refractivity contribution in [1.29, 1.82) is 0 Å². The highest BCUT2D eigenvalue weighted by atomic mass is 16.5. The highest BCUT2D eigenvalue weighted by Gasteiger charge is 2.05. The largest absolute Gasteiger partial charge is 0.382 e. The molecule has 0 bridgehead atoms. The highest BCUT2D eigenvalue weighted by molar-refractivity contribution is 5.13. The average Bonchev–Trinajstić information content (AvgIpc) is 2.25. The van der Waals surface area contributed by atoms with E-state index in [-0.39, 0.29) is 6.10 Å². The molecular formula is C12H18O2. The van der Waals surface area contributed by atoms with Crippen LogP contribution in [0, 0.1) is 0 Å². The number of benzene rings is 1. The first-order chi connectivity index (χ1) is 6.86. The van der Waals surface area contributed by atoms with Crippen LogP contribution in [0.5, 0.6) is 0 Å². The molecule has 14 heavy (non-hydrogen) atoms. The third kappa shape index (κ3) is 3.90. The molecule has 1 rings (SSSR count). The third-order valence-corrected chi connectivity index (χ3v) is 2.14. The first-order valence-corrected chi connectivity index (χ1v) is 5.01. The number of hydrogen-bond acceptors (Lipinski definition) is 2. The molecule has 1 aromatic carbocycles. The predicted molar refractivity (Wildman–Crippen MR) is 57.2 cm³/mol. The van der Waals surface area contributed by atoms with Crippen LogP contribution in [0.4, 0.5) is 0 Å². The third-order valence-electron chi connectivity index (χ3n) is 2.14. The fourth-order valence-corrected chi connectivity index (χ4v) is 1.26. The molecule has 0 heterocycles. The van der Waals surface area contributed by atoms with E-state index in [1.807, 2.05) is 18.2 Å². The van der Waals surface area contributed by atoms with Gasteiger partial charge in [-0.2, -0.15) is 0 Å². The van der Waals surface area contributed by atoms with Crippen molar-refractivity contribution in [3.05, 3.63) is 35.9 Å². The first kappa shape index (κ1) is 11.2. The lowest BCUT2D eigenvalue weighted by Gasteiger charge is -2.14. The van der Waals surface area contributed by atoms with Gasteiger partial charge in [0.2, 0.25) is 0 Å². The van der Waals surface area contributed by atoms with Crippen LogP contribution in [0.2, 0.25) is 0 Å². The summed E-state index contributed by atoms with van der Waals surface area (Å²) in [5, 5.41) is 0. The number of methoxy groups -OCH3 is 1. The molecule has 0 aliphatic carbocycles. The van der Waals surface area contributed by atoms with E-state index < -0.39 is 0 Å². The molecule has 0 saturated heterocycles. The smallest absolute Gasteiger partial charge is 0.0810 e. The van der Waals surface area contributed by atoms with Gasteiger partial charge in [0.25, 0.3) is 0 Å². The minimum Gasteiger partial charge on any atom is -0.382 e. The number of rotatable bonds is 6. The van der Waals surface area contributed by atoms with Crippen LogP contribution in [0.1, 0.15) is 18.9 Å². The van der Waals surface area contributed by atoms with Crippen molar-refractivity contribution in [3.63, 3.8) is 0 Å². The Bertz CT molecular complexity index is 233. The summed E-state index contributed by atoms with van der Waals surface area (Å²) in [7, 11) is 1.70. The lowest BCUT2D eigenvalue weighted by molar-refractivity contribution is -0.0128. The second kappa shape index (κ2) is 6.57. The van der Waals surface area contributed by atoms with Crippen molar-refractivity contribution in [2.24, 2.45) is 0 Å². The summed E-state index contributed by atoms with van der Waals surface area (Å²) < 4.78 is 10.8. The summed E-state index contributed by atoms with van der Waals surface area (Å²) in [4.78, 5) is 0. The molecule has 0 unspecified atom stereocenters. The lowest BCUT2D eigenvalue weighted by atomic mass is 10.2. The molecule has 2 heteroatoms. The second-order valence-corrected chi connectivity index (χ2v) is 3.28. The van der Waals surface area contributed by atoms with E-state index in [4.69, 9.17) is 9.47 Å². The van der Waals surface area contributed by atoms with Crippen molar-refractivity contribution in [2.75, 3.05) is 13.7 Å². The predicted octanol–water partition coefficient (Wildman–Crippen LogP) is 2.63. The van der Waals surface area contributed by atoms with Gasteiger partial charge in [0.1, 0.15) is 0 Å². The molecule has 1 atom stereocenters. The topological polar surface area (TPSA) is 18.5 Å². The quantitative estimate of drug-likeness (QED) is 0.693. The van der Waals surface area contributed by atoms with Crippen molar-refractivity contribution < 1.29 is 9.47 Å². The summed E-state index contributed by atoms with van der Waals surface area (Å²) in [6, 6.07) is 10.2. The summed E-state index contributed by atoms with van der Waals surface area (Å²) in [6.45, 7) is 3.45. The van der Waals surface area contributed by atoms with Gasteiger partial charge in [-0.25, -0.2) is 0 Å². The monoisotopic (exact) mass is 194 g/mol. The highest BCUT2D eigenvalue weighted by Crippen LogP contribution is 2.05. The van der Waals surface area contributed by atoms with Crippen LogP contribution in [0.25, 0.3) is 0 Å². The first-order valence-electron chi connectivity index (χ1n) is 5.01. The van der Waals surface area contributed by atoms with E-state index in [0.29, 0.717) is 13.2 Å². The Kier molecular flexibility index (Phi) is 5.27. The second-order valence-electron chi connectivity index (χ2n) is 3.28. The van der Waals surface area contributed by atoms with Gasteiger partial charge >= 0.3 is 0 Å². The van der Waals surface area contributed by atoms with E-state index in [1.54, 1.807) is 7.11 Å². The number of ether oxygens (including phenoxy) is 2. The number of hydrogen-bond donors (Lipinski definition) is 0. The summed E-state index contributed by atoms with van der Waals surface area (Å²) in [5.41, 5.74) is 1.21. The molecule has 0 saturated carbocycles. The van der Waals surface area contributed by atoms with Crippen LogP contribution in [-0.4, -0.2) is 19.8 Å². The van der Waals surface area contributed by atoms with Gasteiger partial charge in [-0.15, -0.1) is 0 Å². The average molecular weight is 194 g/mol. The zero-order chi connectivity index (χ0) is 10.2. The van der Waals surface area contributed by atoms with E-state index >= 15 is 0 Å². The van der Waals surface area contributed by atoms with Crippen molar-refractivity contribution in [1.82, 2.24) is 0 Å². The van der Waals surface area contributed by atoms with Crippen molar-refractivity contribution in [2.45, 2.75) is 26.1 Å². The summed E-state index contributed by atoms with van der Waals surface area (Å²) in [5.74, 6) is 0. The molecule has 78 valence electrons. The van der Waals surface area contributed by atoms with Crippen LogP contribution >= 0.6 is 0 Å². The molecule has 1 aromatic rings. The molecule has 0 spiro atoms. The Morgan fingerprint density at radius 2 is 1.93 bits per heavy atom. The van der Waals surface area contributed by atoms with Crippen LogP contribution in [0.15, 0.2) is 30.3 Å². The maximum absolute atomic E-state index is 5.69. The minimum atomic E-state index is 0.209. The summed E-state index contributed by atoms with van der Waals surface area (Å²) in [6.07, 6.45) is 1.20. The minimum absolute atomic E-state index is 0.209. The van der Waals surface area contributed by atoms with Crippen molar-refractivity contribution >= 4 is 0 Å². The molecule has 2 nitrogen and oxygen atoms in total. The van der Waals surface area contributed by atoms with Gasteiger partial charge in [0, 0.05) is 7.11 Å². The van der Waals surface area contributed by atoms with Gasteiger partial charge in [0.15, 0.2) is 0 Å². The maximum atomic E-state index is 5.69. The van der Waals surface area contributed by atoms with Gasteiger partial charge in [-0.1, -0.05) is 37.3 Å². The van der Waals surface area contributed by atoms with Crippen LogP contribution < -0.4 is 0 Å². The van der Waals surface area contributed by atoms with Crippen LogP contribution in [-0.2, 0) is 16.1 Å². The SMILES string of the molecule is CC[C@H](COC)OCc1ccccc1. The fraction of sp³-hybridized carbons (Fsp3) is 0.500. The Hall–Kier alpha value is -0.860. The molecule has 0 fully saturated rings.